The van der Waals surface area contributed by atoms with Gasteiger partial charge >= 0.3 is 11.9 Å². The van der Waals surface area contributed by atoms with Gasteiger partial charge in [0.1, 0.15) is 0 Å². The molecule has 3 aliphatic rings. The lowest BCUT2D eigenvalue weighted by molar-refractivity contribution is -0.145. The Morgan fingerprint density at radius 3 is 2.48 bits per heavy atom. The molecule has 1 heterocycles. The molecule has 130 valence electrons. The highest BCUT2D eigenvalue weighted by atomic mass is 32.2. The van der Waals surface area contributed by atoms with E-state index in [0.717, 1.165) is 0 Å². The molecule has 8 heteroatoms. The SMILES string of the molecule is CC(=O)OCCC12C[C@]3(COC(C)=O)CC1S(=O)(=O)OC2C3C. The number of hydrogen-bond acceptors (Lipinski definition) is 7. The van der Waals surface area contributed by atoms with Gasteiger partial charge in [-0.05, 0) is 25.2 Å². The van der Waals surface area contributed by atoms with Crippen molar-refractivity contribution in [2.24, 2.45) is 16.7 Å². The van der Waals surface area contributed by atoms with E-state index >= 15 is 0 Å². The van der Waals surface area contributed by atoms with Crippen molar-refractivity contribution in [3.8, 4) is 0 Å². The molecule has 0 N–H and O–H groups in total. The second-order valence-corrected chi connectivity index (χ2v) is 8.88. The van der Waals surface area contributed by atoms with Gasteiger partial charge in [-0.25, -0.2) is 0 Å². The highest BCUT2D eigenvalue weighted by molar-refractivity contribution is 7.87. The van der Waals surface area contributed by atoms with Crippen molar-refractivity contribution in [1.29, 1.82) is 0 Å². The smallest absolute Gasteiger partial charge is 0.302 e. The second-order valence-electron chi connectivity index (χ2n) is 7.13. The van der Waals surface area contributed by atoms with Crippen LogP contribution in [0.1, 0.15) is 40.0 Å². The van der Waals surface area contributed by atoms with E-state index in [1.165, 1.54) is 13.8 Å². The lowest BCUT2D eigenvalue weighted by atomic mass is 9.72. The fourth-order valence-electron chi connectivity index (χ4n) is 4.91. The Morgan fingerprint density at radius 1 is 1.22 bits per heavy atom. The molecule has 4 unspecified atom stereocenters. The Morgan fingerprint density at radius 2 is 1.87 bits per heavy atom. The summed E-state index contributed by atoms with van der Waals surface area (Å²) in [5.74, 6) is -0.785. The summed E-state index contributed by atoms with van der Waals surface area (Å²) >= 11 is 0. The predicted octanol–water partition coefficient (Wildman–Crippen LogP) is 1.02. The Bertz CT molecular complexity index is 642. The van der Waals surface area contributed by atoms with Crippen LogP contribution in [0, 0.1) is 16.7 Å². The number of fused-ring (bicyclic) bond motifs is 1. The maximum Gasteiger partial charge on any atom is 0.302 e. The lowest BCUT2D eigenvalue weighted by Crippen LogP contribution is -2.43. The Hall–Kier alpha value is -1.15. The van der Waals surface area contributed by atoms with Crippen LogP contribution in [0.3, 0.4) is 0 Å². The van der Waals surface area contributed by atoms with Crippen LogP contribution >= 0.6 is 0 Å². The van der Waals surface area contributed by atoms with Crippen LogP contribution in [-0.2, 0) is 33.4 Å². The van der Waals surface area contributed by atoms with Crippen LogP contribution in [0.2, 0.25) is 0 Å². The lowest BCUT2D eigenvalue weighted by Gasteiger charge is -2.36. The van der Waals surface area contributed by atoms with E-state index in [4.69, 9.17) is 13.7 Å². The van der Waals surface area contributed by atoms with E-state index in [2.05, 4.69) is 0 Å². The summed E-state index contributed by atoms with van der Waals surface area (Å²) < 4.78 is 40.4. The number of rotatable bonds is 5. The fourth-order valence-corrected chi connectivity index (χ4v) is 7.13. The molecule has 0 amide bonds. The number of ether oxygens (including phenoxy) is 2. The molecule has 0 aromatic carbocycles. The minimum Gasteiger partial charge on any atom is -0.466 e. The maximum atomic E-state index is 12.4. The first-order valence-corrected chi connectivity index (χ1v) is 9.29. The van der Waals surface area contributed by atoms with E-state index < -0.39 is 26.9 Å². The van der Waals surface area contributed by atoms with Crippen molar-refractivity contribution in [1.82, 2.24) is 0 Å². The zero-order chi connectivity index (χ0) is 17.0. The quantitative estimate of drug-likeness (QED) is 0.541. The summed E-state index contributed by atoms with van der Waals surface area (Å²) in [5.41, 5.74) is -0.922. The third-order valence-electron chi connectivity index (χ3n) is 5.92. The largest absolute Gasteiger partial charge is 0.466 e. The molecular weight excluding hydrogens is 324 g/mol. The number of hydrogen-bond donors (Lipinski definition) is 0. The standard InChI is InChI=1S/C15H22O7S/c1-9-13-15(4-5-20-10(2)16)7-14(9,8-21-11(3)17)6-12(15)23(18,19)22-13/h9,12-13H,4-8H2,1-3H3/t9?,12?,13?,14-,15?/m0/s1. The summed E-state index contributed by atoms with van der Waals surface area (Å²) in [4.78, 5) is 22.2. The van der Waals surface area contributed by atoms with Gasteiger partial charge in [0.25, 0.3) is 10.1 Å². The molecule has 0 spiro atoms. The molecule has 3 fully saturated rings. The third-order valence-corrected chi connectivity index (χ3v) is 7.73. The van der Waals surface area contributed by atoms with Crippen molar-refractivity contribution in [2.75, 3.05) is 13.2 Å². The highest BCUT2D eigenvalue weighted by Crippen LogP contribution is 2.71. The van der Waals surface area contributed by atoms with E-state index in [1.807, 2.05) is 6.92 Å². The van der Waals surface area contributed by atoms with Crippen LogP contribution in [-0.4, -0.2) is 44.9 Å². The van der Waals surface area contributed by atoms with Gasteiger partial charge in [0.15, 0.2) is 0 Å². The molecule has 23 heavy (non-hydrogen) atoms. The van der Waals surface area contributed by atoms with E-state index in [0.29, 0.717) is 19.3 Å². The van der Waals surface area contributed by atoms with E-state index in [-0.39, 0.29) is 36.5 Å². The van der Waals surface area contributed by atoms with Crippen LogP contribution < -0.4 is 0 Å². The molecule has 1 aliphatic heterocycles. The zero-order valence-electron chi connectivity index (χ0n) is 13.5. The monoisotopic (exact) mass is 346 g/mol. The van der Waals surface area contributed by atoms with Crippen molar-refractivity contribution < 1.29 is 31.7 Å². The van der Waals surface area contributed by atoms with Gasteiger partial charge in [-0.3, -0.25) is 13.8 Å². The van der Waals surface area contributed by atoms with Gasteiger partial charge in [0.05, 0.1) is 24.6 Å². The first-order chi connectivity index (χ1) is 10.6. The summed E-state index contributed by atoms with van der Waals surface area (Å²) in [5, 5.41) is -0.609. The molecule has 0 radical (unpaired) electrons. The molecular formula is C15H22O7S. The zero-order valence-corrected chi connectivity index (χ0v) is 14.4. The second kappa shape index (κ2) is 5.17. The molecule has 5 atom stereocenters. The van der Waals surface area contributed by atoms with Crippen LogP contribution in [0.25, 0.3) is 0 Å². The first-order valence-electron chi connectivity index (χ1n) is 7.82. The molecule has 2 saturated carbocycles. The third kappa shape index (κ3) is 2.38. The number of carbonyl (C=O) groups is 2. The molecule has 1 saturated heterocycles. The summed E-state index contributed by atoms with van der Waals surface area (Å²) in [7, 11) is -3.63. The van der Waals surface area contributed by atoms with Gasteiger partial charge in [-0.2, -0.15) is 8.42 Å². The average Bonchev–Trinajstić information content (AvgIpc) is 2.93. The van der Waals surface area contributed by atoms with Gasteiger partial charge in [0.2, 0.25) is 0 Å². The van der Waals surface area contributed by atoms with Crippen molar-refractivity contribution in [3.63, 3.8) is 0 Å². The van der Waals surface area contributed by atoms with Crippen molar-refractivity contribution in [3.05, 3.63) is 0 Å². The van der Waals surface area contributed by atoms with E-state index in [1.54, 1.807) is 0 Å². The van der Waals surface area contributed by atoms with Crippen molar-refractivity contribution >= 4 is 22.1 Å². The molecule has 2 bridgehead atoms. The van der Waals surface area contributed by atoms with Crippen LogP contribution in [0.15, 0.2) is 0 Å². The predicted molar refractivity (Wildman–Crippen MR) is 78.7 cm³/mol. The normalized spacial score (nSPS) is 42.7. The highest BCUT2D eigenvalue weighted by Gasteiger charge is 2.76. The van der Waals surface area contributed by atoms with Crippen LogP contribution in [0.4, 0.5) is 0 Å². The molecule has 2 aliphatic carbocycles. The fraction of sp³-hybridized carbons (Fsp3) is 0.867. The summed E-state index contributed by atoms with van der Waals surface area (Å²) in [6, 6.07) is 0. The Kier molecular flexibility index (Phi) is 3.76. The van der Waals surface area contributed by atoms with E-state index in [9.17, 15) is 18.0 Å². The van der Waals surface area contributed by atoms with Gasteiger partial charge in [0, 0.05) is 24.7 Å². The maximum absolute atomic E-state index is 12.4. The molecule has 0 aromatic rings. The van der Waals surface area contributed by atoms with Crippen molar-refractivity contribution in [2.45, 2.75) is 51.4 Å². The van der Waals surface area contributed by atoms with Gasteiger partial charge in [-0.15, -0.1) is 0 Å². The van der Waals surface area contributed by atoms with Crippen LogP contribution in [0.5, 0.6) is 0 Å². The minimum atomic E-state index is -3.63. The molecule has 0 aromatic heterocycles. The first kappa shape index (κ1) is 16.7. The number of esters is 2. The minimum absolute atomic E-state index is 0.0345. The topological polar surface area (TPSA) is 96.0 Å². The Balaban J connectivity index is 1.88. The average molecular weight is 346 g/mol. The van der Waals surface area contributed by atoms with Gasteiger partial charge < -0.3 is 9.47 Å². The molecule has 7 nitrogen and oxygen atoms in total. The number of carbonyl (C=O) groups excluding carboxylic acids is 2. The molecule has 3 rings (SSSR count). The summed E-state index contributed by atoms with van der Waals surface area (Å²) in [6.45, 7) is 5.03. The Labute approximate surface area is 135 Å². The summed E-state index contributed by atoms with van der Waals surface area (Å²) in [6.07, 6.45) is 1.06. The van der Waals surface area contributed by atoms with Gasteiger partial charge in [-0.1, -0.05) is 6.92 Å².